The Morgan fingerprint density at radius 1 is 1.33 bits per heavy atom. The lowest BCUT2D eigenvalue weighted by molar-refractivity contribution is -0.121. The lowest BCUT2D eigenvalue weighted by Crippen LogP contribution is -2.30. The van der Waals surface area contributed by atoms with Crippen LogP contribution < -0.4 is 16.6 Å². The van der Waals surface area contributed by atoms with Crippen LogP contribution in [0.2, 0.25) is 0 Å². The fourth-order valence-electron chi connectivity index (χ4n) is 1.63. The molecule has 1 fully saturated rings. The molecule has 1 aliphatic heterocycles. The Kier molecular flexibility index (Phi) is 9.46. The van der Waals surface area contributed by atoms with Crippen molar-refractivity contribution in [1.82, 2.24) is 10.7 Å². The van der Waals surface area contributed by atoms with Crippen LogP contribution in [0.4, 0.5) is 0 Å². The van der Waals surface area contributed by atoms with Crippen molar-refractivity contribution in [3.05, 3.63) is 10.4 Å². The van der Waals surface area contributed by atoms with Crippen LogP contribution in [0, 0.1) is 0 Å². The van der Waals surface area contributed by atoms with Gasteiger partial charge in [0.2, 0.25) is 5.91 Å². The maximum Gasteiger partial charge on any atom is 0.233 e. The molecule has 2 atom stereocenters. The first kappa shape index (κ1) is 17.6. The minimum atomic E-state index is -0.187. The van der Waals surface area contributed by atoms with Crippen molar-refractivity contribution in [2.24, 2.45) is 11.0 Å². The van der Waals surface area contributed by atoms with Gasteiger partial charge in [0.1, 0.15) is 6.23 Å². The van der Waals surface area contributed by atoms with E-state index in [9.17, 15) is 4.79 Å². The molecule has 0 aliphatic carbocycles. The van der Waals surface area contributed by atoms with Crippen molar-refractivity contribution in [2.45, 2.75) is 25.2 Å². The van der Waals surface area contributed by atoms with Crippen molar-refractivity contribution in [2.75, 3.05) is 39.5 Å². The maximum absolute atomic E-state index is 10.9. The number of carbonyl (C=O) groups is 1. The van der Waals surface area contributed by atoms with Crippen molar-refractivity contribution in [1.29, 1.82) is 0 Å². The monoisotopic (exact) mass is 302 g/mol. The number of amides is 1. The molecular formula is C11H22N6O4. The topological polar surface area (TPSA) is 147 Å². The van der Waals surface area contributed by atoms with Crippen LogP contribution in [-0.4, -0.2) is 57.8 Å². The van der Waals surface area contributed by atoms with Crippen LogP contribution in [-0.2, 0) is 19.0 Å². The van der Waals surface area contributed by atoms with Gasteiger partial charge in [0.15, 0.2) is 0 Å². The number of azide groups is 1. The van der Waals surface area contributed by atoms with Crippen molar-refractivity contribution < 1.29 is 19.0 Å². The van der Waals surface area contributed by atoms with Gasteiger partial charge in [0, 0.05) is 24.4 Å². The molecular weight excluding hydrogens is 280 g/mol. The number of rotatable bonds is 13. The van der Waals surface area contributed by atoms with E-state index in [1.807, 2.05) is 0 Å². The Labute approximate surface area is 122 Å². The number of nitrogens with zero attached hydrogens (tertiary/aromatic N) is 3. The number of hydrogen-bond donors (Lipinski definition) is 3. The van der Waals surface area contributed by atoms with Gasteiger partial charge in [-0.15, -0.1) is 0 Å². The van der Waals surface area contributed by atoms with Crippen LogP contribution in [0.3, 0.4) is 0 Å². The Balaban J connectivity index is 1.79. The van der Waals surface area contributed by atoms with Gasteiger partial charge < -0.3 is 14.2 Å². The molecule has 10 nitrogen and oxygen atoms in total. The van der Waals surface area contributed by atoms with Crippen molar-refractivity contribution in [3.63, 3.8) is 0 Å². The van der Waals surface area contributed by atoms with Gasteiger partial charge in [-0.3, -0.25) is 15.5 Å². The van der Waals surface area contributed by atoms with E-state index in [0.717, 1.165) is 0 Å². The molecule has 0 aromatic carbocycles. The Morgan fingerprint density at radius 3 is 2.81 bits per heavy atom. The molecule has 2 unspecified atom stereocenters. The van der Waals surface area contributed by atoms with Crippen molar-refractivity contribution in [3.8, 4) is 0 Å². The smallest absolute Gasteiger partial charge is 0.233 e. The standard InChI is InChI=1S/C11H22N6O4/c12-16-10(18)2-1-9-11(21-9)14-3-5-19-7-8-20-6-4-15-17-13/h9,11,14H,1-8,12H2,(H,16,18). The summed E-state index contributed by atoms with van der Waals surface area (Å²) in [5.41, 5.74) is 10.1. The average molecular weight is 302 g/mol. The Bertz CT molecular complexity index is 350. The van der Waals surface area contributed by atoms with E-state index in [4.69, 9.17) is 25.6 Å². The first-order chi connectivity index (χ1) is 10.3. The first-order valence-electron chi connectivity index (χ1n) is 6.82. The first-order valence-corrected chi connectivity index (χ1v) is 6.82. The molecule has 4 N–H and O–H groups in total. The van der Waals surface area contributed by atoms with E-state index in [2.05, 4.69) is 20.8 Å². The van der Waals surface area contributed by atoms with E-state index in [-0.39, 0.29) is 18.2 Å². The Morgan fingerprint density at radius 2 is 2.10 bits per heavy atom. The second-order valence-corrected chi connectivity index (χ2v) is 4.33. The van der Waals surface area contributed by atoms with Crippen LogP contribution in [0.25, 0.3) is 10.4 Å². The third kappa shape index (κ3) is 9.19. The SMILES string of the molecule is [N-]=[N+]=NCCOCCOCCNC1OC1CCC(=O)NN. The summed E-state index contributed by atoms with van der Waals surface area (Å²) in [6.07, 6.45) is 1.09. The third-order valence-corrected chi connectivity index (χ3v) is 2.76. The summed E-state index contributed by atoms with van der Waals surface area (Å²) >= 11 is 0. The number of carbonyl (C=O) groups excluding carboxylic acids is 1. The number of hydrogen-bond acceptors (Lipinski definition) is 7. The highest BCUT2D eigenvalue weighted by Gasteiger charge is 2.37. The normalized spacial score (nSPS) is 19.9. The van der Waals surface area contributed by atoms with Crippen LogP contribution in [0.1, 0.15) is 12.8 Å². The van der Waals surface area contributed by atoms with Crippen LogP contribution in [0.15, 0.2) is 5.11 Å². The quantitative estimate of drug-likeness (QED) is 0.0605. The van der Waals surface area contributed by atoms with E-state index in [0.29, 0.717) is 52.4 Å². The largest absolute Gasteiger partial charge is 0.379 e. The lowest BCUT2D eigenvalue weighted by atomic mass is 10.2. The molecule has 0 spiro atoms. The molecule has 10 heteroatoms. The molecule has 120 valence electrons. The minimum Gasteiger partial charge on any atom is -0.379 e. The van der Waals surface area contributed by atoms with Crippen molar-refractivity contribution >= 4 is 5.91 Å². The molecule has 1 aliphatic rings. The number of nitrogens with two attached hydrogens (primary N) is 1. The fraction of sp³-hybridized carbons (Fsp3) is 0.909. The highest BCUT2D eigenvalue weighted by molar-refractivity contribution is 5.75. The van der Waals surface area contributed by atoms with Gasteiger partial charge in [0.25, 0.3) is 0 Å². The lowest BCUT2D eigenvalue weighted by Gasteiger charge is -2.05. The highest BCUT2D eigenvalue weighted by atomic mass is 16.6. The van der Waals surface area contributed by atoms with E-state index in [1.54, 1.807) is 0 Å². The zero-order chi connectivity index (χ0) is 15.3. The summed E-state index contributed by atoms with van der Waals surface area (Å²) in [4.78, 5) is 13.5. The van der Waals surface area contributed by atoms with E-state index in [1.165, 1.54) is 0 Å². The van der Waals surface area contributed by atoms with Gasteiger partial charge >= 0.3 is 0 Å². The summed E-state index contributed by atoms with van der Waals surface area (Å²) in [6, 6.07) is 0. The Hall–Kier alpha value is -1.42. The summed E-state index contributed by atoms with van der Waals surface area (Å²) in [5, 5.41) is 6.50. The minimum absolute atomic E-state index is 0.000678. The second kappa shape index (κ2) is 11.3. The van der Waals surface area contributed by atoms with Gasteiger partial charge in [-0.2, -0.15) is 0 Å². The van der Waals surface area contributed by atoms with Crippen LogP contribution in [0.5, 0.6) is 0 Å². The molecule has 1 rings (SSSR count). The predicted molar refractivity (Wildman–Crippen MR) is 73.9 cm³/mol. The van der Waals surface area contributed by atoms with Gasteiger partial charge in [-0.05, 0) is 12.0 Å². The summed E-state index contributed by atoms with van der Waals surface area (Å²) in [7, 11) is 0. The molecule has 1 saturated heterocycles. The summed E-state index contributed by atoms with van der Waals surface area (Å²) in [6.45, 7) is 2.92. The molecule has 1 amide bonds. The predicted octanol–water partition coefficient (Wildman–Crippen LogP) is -0.585. The molecule has 0 saturated carbocycles. The fourth-order valence-corrected chi connectivity index (χ4v) is 1.63. The van der Waals surface area contributed by atoms with Gasteiger partial charge in [0.05, 0.1) is 32.5 Å². The number of ether oxygens (including phenoxy) is 3. The highest BCUT2D eigenvalue weighted by Crippen LogP contribution is 2.23. The molecule has 0 radical (unpaired) electrons. The van der Waals surface area contributed by atoms with Gasteiger partial charge in [-0.1, -0.05) is 5.11 Å². The van der Waals surface area contributed by atoms with E-state index < -0.39 is 0 Å². The zero-order valence-electron chi connectivity index (χ0n) is 11.9. The number of epoxide rings is 1. The number of hydrazine groups is 1. The molecule has 0 bridgehead atoms. The second-order valence-electron chi connectivity index (χ2n) is 4.33. The summed E-state index contributed by atoms with van der Waals surface area (Å²) < 4.78 is 15.9. The molecule has 0 aromatic heterocycles. The average Bonchev–Trinajstić information content (AvgIpc) is 3.25. The molecule has 1 heterocycles. The zero-order valence-corrected chi connectivity index (χ0v) is 11.9. The molecule has 21 heavy (non-hydrogen) atoms. The van der Waals surface area contributed by atoms with Gasteiger partial charge in [-0.25, -0.2) is 5.84 Å². The molecule has 0 aromatic rings. The third-order valence-electron chi connectivity index (χ3n) is 2.76. The number of nitrogens with one attached hydrogen (secondary N) is 2. The maximum atomic E-state index is 10.9. The van der Waals surface area contributed by atoms with E-state index >= 15 is 0 Å². The summed E-state index contributed by atoms with van der Waals surface area (Å²) in [5.74, 6) is 4.79. The van der Waals surface area contributed by atoms with Crippen LogP contribution >= 0.6 is 0 Å².